The van der Waals surface area contributed by atoms with Gasteiger partial charge in [-0.2, -0.15) is 0 Å². The highest BCUT2D eigenvalue weighted by molar-refractivity contribution is 5.27. The Morgan fingerprint density at radius 3 is 2.10 bits per heavy atom. The lowest BCUT2D eigenvalue weighted by Crippen LogP contribution is -2.28. The van der Waals surface area contributed by atoms with Gasteiger partial charge in [0, 0.05) is 12.6 Å². The van der Waals surface area contributed by atoms with Crippen LogP contribution in [0.4, 0.5) is 0 Å². The zero-order valence-corrected chi connectivity index (χ0v) is 14.1. The van der Waals surface area contributed by atoms with Gasteiger partial charge in [-0.15, -0.1) is 0 Å². The van der Waals surface area contributed by atoms with Crippen molar-refractivity contribution >= 4 is 0 Å². The Hall–Kier alpha value is -0.820. The van der Waals surface area contributed by atoms with Crippen LogP contribution in [0.3, 0.4) is 0 Å². The number of benzene rings is 1. The first-order valence-electron chi connectivity index (χ1n) is 8.30. The Morgan fingerprint density at radius 1 is 0.950 bits per heavy atom. The van der Waals surface area contributed by atoms with Crippen LogP contribution in [0.15, 0.2) is 24.3 Å². The third kappa shape index (κ3) is 6.09. The number of hydrogen-bond donors (Lipinski definition) is 1. The van der Waals surface area contributed by atoms with Crippen molar-refractivity contribution in [3.63, 3.8) is 0 Å². The summed E-state index contributed by atoms with van der Waals surface area (Å²) in [4.78, 5) is 0. The predicted molar refractivity (Wildman–Crippen MR) is 90.2 cm³/mol. The molecule has 114 valence electrons. The maximum atomic E-state index is 3.73. The van der Waals surface area contributed by atoms with Gasteiger partial charge in [0.1, 0.15) is 0 Å². The Balaban J connectivity index is 2.51. The molecule has 1 aromatic carbocycles. The van der Waals surface area contributed by atoms with Gasteiger partial charge in [-0.1, -0.05) is 78.1 Å². The van der Waals surface area contributed by atoms with Crippen LogP contribution in [0.25, 0.3) is 0 Å². The van der Waals surface area contributed by atoms with Gasteiger partial charge in [0.2, 0.25) is 0 Å². The van der Waals surface area contributed by atoms with E-state index in [1.807, 2.05) is 0 Å². The van der Waals surface area contributed by atoms with Gasteiger partial charge in [0.15, 0.2) is 0 Å². The molecule has 0 saturated heterocycles. The van der Waals surface area contributed by atoms with E-state index in [0.717, 1.165) is 6.54 Å². The van der Waals surface area contributed by atoms with Gasteiger partial charge in [-0.3, -0.25) is 0 Å². The zero-order valence-electron chi connectivity index (χ0n) is 14.1. The molecule has 0 aliphatic heterocycles. The van der Waals surface area contributed by atoms with Gasteiger partial charge in [-0.25, -0.2) is 0 Å². The standard InChI is InChI=1S/C19H33N/c1-6-8-10-18(9-7-2)20-15-16-11-13-17(14-12-16)19(3,4)5/h11-14,18,20H,6-10,15H2,1-5H3. The van der Waals surface area contributed by atoms with Crippen molar-refractivity contribution in [2.45, 2.75) is 84.7 Å². The highest BCUT2D eigenvalue weighted by Crippen LogP contribution is 2.22. The van der Waals surface area contributed by atoms with E-state index in [1.54, 1.807) is 0 Å². The molecule has 0 aliphatic carbocycles. The van der Waals surface area contributed by atoms with Crippen LogP contribution in [0.5, 0.6) is 0 Å². The summed E-state index contributed by atoms with van der Waals surface area (Å²) in [6, 6.07) is 9.78. The van der Waals surface area contributed by atoms with Crippen molar-refractivity contribution in [1.82, 2.24) is 5.32 Å². The minimum absolute atomic E-state index is 0.248. The molecular formula is C19H33N. The highest BCUT2D eigenvalue weighted by atomic mass is 14.9. The monoisotopic (exact) mass is 275 g/mol. The molecule has 20 heavy (non-hydrogen) atoms. The predicted octanol–water partition coefficient (Wildman–Crippen LogP) is 5.43. The van der Waals surface area contributed by atoms with Gasteiger partial charge in [-0.05, 0) is 29.4 Å². The molecule has 0 aromatic heterocycles. The summed E-state index contributed by atoms with van der Waals surface area (Å²) >= 11 is 0. The van der Waals surface area contributed by atoms with Gasteiger partial charge < -0.3 is 5.32 Å². The van der Waals surface area contributed by atoms with Gasteiger partial charge in [0.05, 0.1) is 0 Å². The molecule has 1 atom stereocenters. The fraction of sp³-hybridized carbons (Fsp3) is 0.684. The molecule has 0 heterocycles. The minimum Gasteiger partial charge on any atom is -0.310 e. The van der Waals surface area contributed by atoms with Crippen LogP contribution in [-0.2, 0) is 12.0 Å². The summed E-state index contributed by atoms with van der Waals surface area (Å²) in [5.41, 5.74) is 3.06. The van der Waals surface area contributed by atoms with Crippen molar-refractivity contribution in [3.8, 4) is 0 Å². The number of unbranched alkanes of at least 4 members (excludes halogenated alkanes) is 1. The molecule has 0 fully saturated rings. The highest BCUT2D eigenvalue weighted by Gasteiger charge is 2.13. The summed E-state index contributed by atoms with van der Waals surface area (Å²) in [5, 5.41) is 3.73. The Morgan fingerprint density at radius 2 is 1.60 bits per heavy atom. The molecule has 1 rings (SSSR count). The van der Waals surface area contributed by atoms with Crippen molar-refractivity contribution in [3.05, 3.63) is 35.4 Å². The first-order chi connectivity index (χ1) is 9.47. The van der Waals surface area contributed by atoms with Crippen molar-refractivity contribution < 1.29 is 0 Å². The van der Waals surface area contributed by atoms with E-state index >= 15 is 0 Å². The molecule has 1 unspecified atom stereocenters. The smallest absolute Gasteiger partial charge is 0.0208 e. The number of rotatable bonds is 8. The Bertz CT molecular complexity index is 358. The quantitative estimate of drug-likeness (QED) is 0.667. The summed E-state index contributed by atoms with van der Waals surface area (Å²) in [7, 11) is 0. The lowest BCUT2D eigenvalue weighted by molar-refractivity contribution is 0.434. The number of nitrogens with one attached hydrogen (secondary N) is 1. The second kappa shape index (κ2) is 8.46. The lowest BCUT2D eigenvalue weighted by Gasteiger charge is -2.20. The molecule has 0 aliphatic rings. The maximum absolute atomic E-state index is 3.73. The van der Waals surface area contributed by atoms with Crippen LogP contribution in [0.1, 0.15) is 77.8 Å². The average Bonchev–Trinajstić information content (AvgIpc) is 2.41. The fourth-order valence-electron chi connectivity index (χ4n) is 2.53. The van der Waals surface area contributed by atoms with Crippen LogP contribution in [0, 0.1) is 0 Å². The van der Waals surface area contributed by atoms with E-state index < -0.39 is 0 Å². The Labute approximate surface area is 126 Å². The second-order valence-electron chi connectivity index (χ2n) is 6.96. The summed E-state index contributed by atoms with van der Waals surface area (Å²) in [6.45, 7) is 12.3. The second-order valence-corrected chi connectivity index (χ2v) is 6.96. The Kier molecular flexibility index (Phi) is 7.29. The van der Waals surface area contributed by atoms with E-state index in [0.29, 0.717) is 6.04 Å². The molecular weight excluding hydrogens is 242 g/mol. The number of hydrogen-bond acceptors (Lipinski definition) is 1. The van der Waals surface area contributed by atoms with Crippen molar-refractivity contribution in [2.24, 2.45) is 0 Å². The summed E-state index contributed by atoms with van der Waals surface area (Å²) in [5.74, 6) is 0. The molecule has 0 saturated carbocycles. The molecule has 0 amide bonds. The van der Waals surface area contributed by atoms with E-state index in [9.17, 15) is 0 Å². The van der Waals surface area contributed by atoms with Crippen molar-refractivity contribution in [1.29, 1.82) is 0 Å². The maximum Gasteiger partial charge on any atom is 0.0208 e. The molecule has 1 nitrogen and oxygen atoms in total. The third-order valence-corrected chi connectivity index (χ3v) is 3.96. The average molecular weight is 275 g/mol. The SMILES string of the molecule is CCCCC(CCC)NCc1ccc(C(C)(C)C)cc1. The van der Waals surface area contributed by atoms with Crippen LogP contribution >= 0.6 is 0 Å². The minimum atomic E-state index is 0.248. The van der Waals surface area contributed by atoms with E-state index in [-0.39, 0.29) is 5.41 Å². The molecule has 0 radical (unpaired) electrons. The van der Waals surface area contributed by atoms with Crippen molar-refractivity contribution in [2.75, 3.05) is 0 Å². The molecule has 0 spiro atoms. The summed E-state index contributed by atoms with van der Waals surface area (Å²) in [6.07, 6.45) is 6.50. The normalized spacial score (nSPS) is 13.4. The van der Waals surface area contributed by atoms with E-state index in [1.165, 1.54) is 43.2 Å². The van der Waals surface area contributed by atoms with Crippen LogP contribution in [-0.4, -0.2) is 6.04 Å². The topological polar surface area (TPSA) is 12.0 Å². The van der Waals surface area contributed by atoms with Crippen LogP contribution in [0.2, 0.25) is 0 Å². The first kappa shape index (κ1) is 17.2. The largest absolute Gasteiger partial charge is 0.310 e. The van der Waals surface area contributed by atoms with E-state index in [4.69, 9.17) is 0 Å². The zero-order chi connectivity index (χ0) is 15.0. The summed E-state index contributed by atoms with van der Waals surface area (Å²) < 4.78 is 0. The van der Waals surface area contributed by atoms with Gasteiger partial charge >= 0.3 is 0 Å². The molecule has 0 bridgehead atoms. The fourth-order valence-corrected chi connectivity index (χ4v) is 2.53. The van der Waals surface area contributed by atoms with Crippen LogP contribution < -0.4 is 5.32 Å². The molecule has 1 N–H and O–H groups in total. The van der Waals surface area contributed by atoms with E-state index in [2.05, 4.69) is 64.2 Å². The van der Waals surface area contributed by atoms with Gasteiger partial charge in [0.25, 0.3) is 0 Å². The third-order valence-electron chi connectivity index (χ3n) is 3.96. The molecule has 1 heteroatoms. The first-order valence-corrected chi connectivity index (χ1v) is 8.30. The molecule has 1 aromatic rings. The lowest BCUT2D eigenvalue weighted by atomic mass is 9.87.